The van der Waals surface area contributed by atoms with Crippen molar-refractivity contribution in [3.05, 3.63) is 34.9 Å². The van der Waals surface area contributed by atoms with Crippen molar-refractivity contribution in [3.8, 4) is 0 Å². The molecule has 0 unspecified atom stereocenters. The van der Waals surface area contributed by atoms with Gasteiger partial charge in [-0.2, -0.15) is 0 Å². The van der Waals surface area contributed by atoms with Crippen LogP contribution in [0.3, 0.4) is 0 Å². The van der Waals surface area contributed by atoms with Crippen molar-refractivity contribution in [1.29, 1.82) is 0 Å². The summed E-state index contributed by atoms with van der Waals surface area (Å²) in [7, 11) is 1.63. The van der Waals surface area contributed by atoms with E-state index in [1.807, 2.05) is 12.1 Å². The first-order valence-corrected chi connectivity index (χ1v) is 5.73. The molecule has 5 heteroatoms. The van der Waals surface area contributed by atoms with Gasteiger partial charge in [0.15, 0.2) is 0 Å². The van der Waals surface area contributed by atoms with E-state index in [9.17, 15) is 9.59 Å². The monoisotopic (exact) mass is 252 g/mol. The second-order valence-electron chi connectivity index (χ2n) is 4.14. The van der Waals surface area contributed by atoms with Crippen molar-refractivity contribution in [2.45, 2.75) is 12.5 Å². The molecule has 1 atom stereocenters. The zero-order valence-electron chi connectivity index (χ0n) is 9.44. The lowest BCUT2D eigenvalue weighted by Crippen LogP contribution is -2.57. The third-order valence-corrected chi connectivity index (χ3v) is 3.00. The van der Waals surface area contributed by atoms with Gasteiger partial charge in [0.25, 0.3) is 0 Å². The number of nitrogens with zero attached hydrogens (tertiary/aromatic N) is 1. The van der Waals surface area contributed by atoms with Gasteiger partial charge in [0.05, 0.1) is 6.54 Å². The molecule has 1 aromatic rings. The van der Waals surface area contributed by atoms with Crippen molar-refractivity contribution >= 4 is 23.4 Å². The molecule has 1 heterocycles. The fourth-order valence-corrected chi connectivity index (χ4v) is 1.98. The minimum atomic E-state index is -0.470. The Kier molecular flexibility index (Phi) is 3.33. The third kappa shape index (κ3) is 2.77. The van der Waals surface area contributed by atoms with Crippen LogP contribution in [-0.4, -0.2) is 36.3 Å². The van der Waals surface area contributed by atoms with Crippen molar-refractivity contribution in [3.63, 3.8) is 0 Å². The van der Waals surface area contributed by atoms with Gasteiger partial charge < -0.3 is 10.2 Å². The average Bonchev–Trinajstić information content (AvgIpc) is 2.28. The first-order chi connectivity index (χ1) is 8.06. The van der Waals surface area contributed by atoms with Crippen LogP contribution in [0, 0.1) is 0 Å². The molecule has 0 aromatic heterocycles. The van der Waals surface area contributed by atoms with Crippen LogP contribution in [-0.2, 0) is 16.0 Å². The Bertz CT molecular complexity index is 444. The highest BCUT2D eigenvalue weighted by molar-refractivity contribution is 6.30. The first kappa shape index (κ1) is 11.9. The van der Waals surface area contributed by atoms with E-state index >= 15 is 0 Å². The smallest absolute Gasteiger partial charge is 0.245 e. The number of amides is 2. The summed E-state index contributed by atoms with van der Waals surface area (Å²) in [6, 6.07) is 6.79. The number of rotatable bonds is 2. The number of hydrogen-bond donors (Lipinski definition) is 1. The molecular formula is C12H13ClN2O2. The largest absolute Gasteiger partial charge is 0.342 e. The fourth-order valence-electron chi connectivity index (χ4n) is 1.86. The van der Waals surface area contributed by atoms with Crippen LogP contribution in [0.15, 0.2) is 24.3 Å². The van der Waals surface area contributed by atoms with Gasteiger partial charge in [0, 0.05) is 18.5 Å². The minimum absolute atomic E-state index is 0.0560. The van der Waals surface area contributed by atoms with Crippen LogP contribution < -0.4 is 5.32 Å². The van der Waals surface area contributed by atoms with Crippen LogP contribution in [0.25, 0.3) is 0 Å². The minimum Gasteiger partial charge on any atom is -0.342 e. The van der Waals surface area contributed by atoms with Gasteiger partial charge in [0.1, 0.15) is 6.04 Å². The zero-order valence-corrected chi connectivity index (χ0v) is 10.2. The van der Waals surface area contributed by atoms with Crippen LogP contribution in [0.4, 0.5) is 0 Å². The maximum Gasteiger partial charge on any atom is 0.245 e. The number of carbonyl (C=O) groups is 2. The molecule has 0 radical (unpaired) electrons. The summed E-state index contributed by atoms with van der Waals surface area (Å²) in [5, 5.41) is 3.35. The van der Waals surface area contributed by atoms with Crippen molar-refractivity contribution in [1.82, 2.24) is 10.2 Å². The molecule has 1 fully saturated rings. The van der Waals surface area contributed by atoms with E-state index in [-0.39, 0.29) is 18.4 Å². The highest BCUT2D eigenvalue weighted by Gasteiger charge is 2.30. The topological polar surface area (TPSA) is 49.4 Å². The molecule has 0 bridgehead atoms. The number of likely N-dealkylation sites (N-methyl/N-ethyl adjacent to an activating group) is 1. The molecule has 90 valence electrons. The lowest BCUT2D eigenvalue weighted by Gasteiger charge is -2.29. The summed E-state index contributed by atoms with van der Waals surface area (Å²) in [4.78, 5) is 24.6. The molecule has 0 saturated carbocycles. The van der Waals surface area contributed by atoms with Gasteiger partial charge >= 0.3 is 0 Å². The SMILES string of the molecule is CN1CC(=O)N[C@@H](Cc2ccc(Cl)cc2)C1=O. The quantitative estimate of drug-likeness (QED) is 0.848. The Morgan fingerprint density at radius 1 is 1.35 bits per heavy atom. The van der Waals surface area contributed by atoms with E-state index in [0.717, 1.165) is 5.56 Å². The third-order valence-electron chi connectivity index (χ3n) is 2.74. The van der Waals surface area contributed by atoms with Gasteiger partial charge in [0.2, 0.25) is 11.8 Å². The summed E-state index contributed by atoms with van der Waals surface area (Å²) >= 11 is 5.78. The van der Waals surface area contributed by atoms with Crippen molar-refractivity contribution in [2.75, 3.05) is 13.6 Å². The zero-order chi connectivity index (χ0) is 12.4. The number of carbonyl (C=O) groups excluding carboxylic acids is 2. The number of hydrogen-bond acceptors (Lipinski definition) is 2. The van der Waals surface area contributed by atoms with Gasteiger partial charge in [-0.3, -0.25) is 9.59 Å². The summed E-state index contributed by atoms with van der Waals surface area (Å²) < 4.78 is 0. The summed E-state index contributed by atoms with van der Waals surface area (Å²) in [6.07, 6.45) is 0.492. The van der Waals surface area contributed by atoms with Gasteiger partial charge in [-0.1, -0.05) is 23.7 Å². The van der Waals surface area contributed by atoms with Gasteiger partial charge in [-0.05, 0) is 17.7 Å². The molecule has 1 N–H and O–H groups in total. The maximum atomic E-state index is 11.8. The summed E-state index contributed by atoms with van der Waals surface area (Å²) in [5.41, 5.74) is 0.975. The number of nitrogens with one attached hydrogen (secondary N) is 1. The summed E-state index contributed by atoms with van der Waals surface area (Å²) in [6.45, 7) is 0.135. The van der Waals surface area contributed by atoms with Crippen molar-refractivity contribution < 1.29 is 9.59 Å². The predicted octanol–water partition coefficient (Wildman–Crippen LogP) is 0.839. The van der Waals surface area contributed by atoms with E-state index in [1.54, 1.807) is 19.2 Å². The Labute approximate surface area is 105 Å². The molecule has 2 rings (SSSR count). The standard InChI is InChI=1S/C12H13ClN2O2/c1-15-7-11(16)14-10(12(15)17)6-8-2-4-9(13)5-3-8/h2-5,10H,6-7H2,1H3,(H,14,16)/t10-/m0/s1. The molecule has 17 heavy (non-hydrogen) atoms. The van der Waals surface area contributed by atoms with Crippen LogP contribution in [0.1, 0.15) is 5.56 Å². The van der Waals surface area contributed by atoms with E-state index in [2.05, 4.69) is 5.32 Å². The van der Waals surface area contributed by atoms with Crippen molar-refractivity contribution in [2.24, 2.45) is 0 Å². The molecule has 1 saturated heterocycles. The Balaban J connectivity index is 2.09. The fraction of sp³-hybridized carbons (Fsp3) is 0.333. The molecule has 1 aliphatic rings. The molecule has 2 amide bonds. The normalized spacial score (nSPS) is 20.4. The molecule has 4 nitrogen and oxygen atoms in total. The second-order valence-corrected chi connectivity index (χ2v) is 4.58. The van der Waals surface area contributed by atoms with Crippen LogP contribution in [0.5, 0.6) is 0 Å². The summed E-state index contributed by atoms with van der Waals surface area (Å²) in [5.74, 6) is -0.175. The van der Waals surface area contributed by atoms with E-state index in [0.29, 0.717) is 11.4 Å². The first-order valence-electron chi connectivity index (χ1n) is 5.35. The van der Waals surface area contributed by atoms with E-state index in [4.69, 9.17) is 11.6 Å². The Hall–Kier alpha value is -1.55. The number of benzene rings is 1. The highest BCUT2D eigenvalue weighted by Crippen LogP contribution is 2.12. The molecule has 1 aliphatic heterocycles. The Morgan fingerprint density at radius 2 is 2.00 bits per heavy atom. The Morgan fingerprint density at radius 3 is 2.65 bits per heavy atom. The maximum absolute atomic E-state index is 11.8. The van der Waals surface area contributed by atoms with Gasteiger partial charge in [-0.25, -0.2) is 0 Å². The molecule has 0 aliphatic carbocycles. The number of halogens is 1. The van der Waals surface area contributed by atoms with E-state index < -0.39 is 6.04 Å². The van der Waals surface area contributed by atoms with Gasteiger partial charge in [-0.15, -0.1) is 0 Å². The molecule has 1 aromatic carbocycles. The van der Waals surface area contributed by atoms with Crippen LogP contribution >= 0.6 is 11.6 Å². The van der Waals surface area contributed by atoms with Crippen LogP contribution in [0.2, 0.25) is 5.02 Å². The lowest BCUT2D eigenvalue weighted by atomic mass is 10.0. The molecular weight excluding hydrogens is 240 g/mol. The second kappa shape index (κ2) is 4.75. The highest BCUT2D eigenvalue weighted by atomic mass is 35.5. The van der Waals surface area contributed by atoms with E-state index in [1.165, 1.54) is 4.90 Å². The number of piperazine rings is 1. The predicted molar refractivity (Wildman–Crippen MR) is 64.7 cm³/mol. The molecule has 0 spiro atoms. The average molecular weight is 253 g/mol. The lowest BCUT2D eigenvalue weighted by molar-refractivity contribution is -0.142.